The van der Waals surface area contributed by atoms with Crippen LogP contribution in [0.3, 0.4) is 0 Å². The highest BCUT2D eigenvalue weighted by Gasteiger charge is 2.19. The van der Waals surface area contributed by atoms with Crippen LogP contribution in [0, 0.1) is 12.7 Å². The number of aromatic nitrogens is 1. The van der Waals surface area contributed by atoms with Crippen LogP contribution in [0.4, 0.5) is 10.1 Å². The van der Waals surface area contributed by atoms with Gasteiger partial charge in [-0.3, -0.25) is 9.78 Å². The first-order valence-corrected chi connectivity index (χ1v) is 6.25. The summed E-state index contributed by atoms with van der Waals surface area (Å²) in [7, 11) is 0. The minimum absolute atomic E-state index is 0.0780. The normalized spacial score (nSPS) is 10.3. The van der Waals surface area contributed by atoms with Crippen molar-refractivity contribution in [3.05, 3.63) is 53.6 Å². The van der Waals surface area contributed by atoms with Crippen molar-refractivity contribution in [3.63, 3.8) is 0 Å². The molecule has 1 aromatic carbocycles. The minimum atomic E-state index is -0.556. The number of hydrogen-bond donors (Lipinski definition) is 1. The first kappa shape index (κ1) is 14.0. The molecule has 1 heterocycles. The molecule has 0 atom stereocenters. The summed E-state index contributed by atoms with van der Waals surface area (Å²) in [5.74, 6) is -0.832. The molecule has 0 radical (unpaired) electrons. The van der Waals surface area contributed by atoms with E-state index in [1.807, 2.05) is 13.8 Å². The van der Waals surface area contributed by atoms with Crippen LogP contribution >= 0.6 is 0 Å². The Hall–Kier alpha value is -2.43. The van der Waals surface area contributed by atoms with Gasteiger partial charge in [-0.1, -0.05) is 6.07 Å². The Kier molecular flexibility index (Phi) is 3.98. The number of phenols is 1. The number of hydrogen-bond acceptors (Lipinski definition) is 3. The second kappa shape index (κ2) is 5.69. The van der Waals surface area contributed by atoms with Crippen molar-refractivity contribution in [1.82, 2.24) is 4.98 Å². The van der Waals surface area contributed by atoms with Crippen molar-refractivity contribution in [2.75, 3.05) is 11.4 Å². The maximum atomic E-state index is 13.2. The molecule has 0 spiro atoms. The Labute approximate surface area is 116 Å². The Bertz CT molecular complexity index is 644. The molecule has 0 aliphatic carbocycles. The van der Waals surface area contributed by atoms with E-state index in [-0.39, 0.29) is 17.2 Å². The predicted molar refractivity (Wildman–Crippen MR) is 74.4 cm³/mol. The molecule has 0 bridgehead atoms. The number of amides is 1. The number of aromatic hydroxyl groups is 1. The lowest BCUT2D eigenvalue weighted by Gasteiger charge is -2.23. The van der Waals surface area contributed by atoms with Crippen molar-refractivity contribution in [1.29, 1.82) is 0 Å². The molecule has 104 valence electrons. The SMILES string of the molecule is CCN(C(=O)c1cncc(F)c1)c1cc(O)ccc1C. The predicted octanol–water partition coefficient (Wildman–Crippen LogP) is 2.90. The van der Waals surface area contributed by atoms with E-state index in [2.05, 4.69) is 4.98 Å². The van der Waals surface area contributed by atoms with Crippen LogP contribution < -0.4 is 4.90 Å². The fraction of sp³-hybridized carbons (Fsp3) is 0.200. The third kappa shape index (κ3) is 2.77. The molecule has 20 heavy (non-hydrogen) atoms. The van der Waals surface area contributed by atoms with Gasteiger partial charge in [0.05, 0.1) is 17.4 Å². The fourth-order valence-corrected chi connectivity index (χ4v) is 2.00. The Morgan fingerprint density at radius 1 is 1.35 bits per heavy atom. The van der Waals surface area contributed by atoms with E-state index >= 15 is 0 Å². The van der Waals surface area contributed by atoms with E-state index in [0.717, 1.165) is 17.8 Å². The molecule has 0 saturated heterocycles. The molecule has 0 fully saturated rings. The number of carbonyl (C=O) groups is 1. The molecule has 2 aromatic rings. The molecule has 0 aliphatic heterocycles. The van der Waals surface area contributed by atoms with E-state index in [4.69, 9.17) is 0 Å². The van der Waals surface area contributed by atoms with Gasteiger partial charge in [0.2, 0.25) is 0 Å². The van der Waals surface area contributed by atoms with Gasteiger partial charge >= 0.3 is 0 Å². The third-order valence-electron chi connectivity index (χ3n) is 3.00. The van der Waals surface area contributed by atoms with Crippen molar-refractivity contribution < 1.29 is 14.3 Å². The van der Waals surface area contributed by atoms with E-state index in [9.17, 15) is 14.3 Å². The Morgan fingerprint density at radius 2 is 2.10 bits per heavy atom. The van der Waals surface area contributed by atoms with Crippen LogP contribution in [0.25, 0.3) is 0 Å². The molecular weight excluding hydrogens is 259 g/mol. The maximum Gasteiger partial charge on any atom is 0.259 e. The van der Waals surface area contributed by atoms with Gasteiger partial charge in [-0.2, -0.15) is 0 Å². The van der Waals surface area contributed by atoms with Gasteiger partial charge in [0.15, 0.2) is 0 Å². The van der Waals surface area contributed by atoms with Gasteiger partial charge < -0.3 is 10.0 Å². The van der Waals surface area contributed by atoms with Crippen LogP contribution in [-0.2, 0) is 0 Å². The number of pyridine rings is 1. The van der Waals surface area contributed by atoms with Gasteiger partial charge in [-0.25, -0.2) is 4.39 Å². The smallest absolute Gasteiger partial charge is 0.259 e. The summed E-state index contributed by atoms with van der Waals surface area (Å²) in [5, 5.41) is 9.57. The summed E-state index contributed by atoms with van der Waals surface area (Å²) in [4.78, 5) is 17.6. The van der Waals surface area contributed by atoms with Gasteiger partial charge in [0, 0.05) is 18.8 Å². The first-order valence-electron chi connectivity index (χ1n) is 6.25. The monoisotopic (exact) mass is 274 g/mol. The zero-order valence-electron chi connectivity index (χ0n) is 11.3. The summed E-state index contributed by atoms with van der Waals surface area (Å²) in [6.45, 7) is 4.06. The van der Waals surface area contributed by atoms with Gasteiger partial charge in [-0.05, 0) is 31.5 Å². The van der Waals surface area contributed by atoms with E-state index in [1.165, 1.54) is 17.2 Å². The maximum absolute atomic E-state index is 13.2. The zero-order valence-corrected chi connectivity index (χ0v) is 11.3. The zero-order chi connectivity index (χ0) is 14.7. The summed E-state index contributed by atoms with van der Waals surface area (Å²) in [5.41, 5.74) is 1.62. The van der Waals surface area contributed by atoms with E-state index in [0.29, 0.717) is 12.2 Å². The highest BCUT2D eigenvalue weighted by molar-refractivity contribution is 6.06. The molecule has 1 amide bonds. The standard InChI is InChI=1S/C15H15FN2O2/c1-3-18(14-7-13(19)5-4-10(14)2)15(20)11-6-12(16)9-17-8-11/h4-9,19H,3H2,1-2H3. The van der Waals surface area contributed by atoms with Crippen molar-refractivity contribution in [2.24, 2.45) is 0 Å². The number of benzene rings is 1. The average Bonchev–Trinajstić information content (AvgIpc) is 2.43. The highest BCUT2D eigenvalue weighted by atomic mass is 19.1. The second-order valence-electron chi connectivity index (χ2n) is 4.41. The molecule has 4 nitrogen and oxygen atoms in total. The fourth-order valence-electron chi connectivity index (χ4n) is 2.00. The topological polar surface area (TPSA) is 53.4 Å². The van der Waals surface area contributed by atoms with E-state index in [1.54, 1.807) is 12.1 Å². The van der Waals surface area contributed by atoms with Crippen LogP contribution in [0.1, 0.15) is 22.8 Å². The molecule has 0 aliphatic rings. The molecule has 5 heteroatoms. The Morgan fingerprint density at radius 3 is 2.75 bits per heavy atom. The molecule has 0 unspecified atom stereocenters. The lowest BCUT2D eigenvalue weighted by Crippen LogP contribution is -2.31. The van der Waals surface area contributed by atoms with Crippen LogP contribution in [-0.4, -0.2) is 22.5 Å². The number of phenolic OH excluding ortho intramolecular Hbond substituents is 1. The van der Waals surface area contributed by atoms with E-state index < -0.39 is 5.82 Å². The number of rotatable bonds is 3. The van der Waals surface area contributed by atoms with Crippen LogP contribution in [0.2, 0.25) is 0 Å². The summed E-state index contributed by atoms with van der Waals surface area (Å²) in [6.07, 6.45) is 2.37. The summed E-state index contributed by atoms with van der Waals surface area (Å²) >= 11 is 0. The van der Waals surface area contributed by atoms with Crippen LogP contribution in [0.15, 0.2) is 36.7 Å². The highest BCUT2D eigenvalue weighted by Crippen LogP contribution is 2.26. The lowest BCUT2D eigenvalue weighted by atomic mass is 10.1. The molecule has 2 rings (SSSR count). The second-order valence-corrected chi connectivity index (χ2v) is 4.41. The number of halogens is 1. The van der Waals surface area contributed by atoms with Crippen LogP contribution in [0.5, 0.6) is 5.75 Å². The average molecular weight is 274 g/mol. The summed E-state index contributed by atoms with van der Waals surface area (Å²) < 4.78 is 13.2. The van der Waals surface area contributed by atoms with Gasteiger partial charge in [0.25, 0.3) is 5.91 Å². The van der Waals surface area contributed by atoms with Gasteiger partial charge in [-0.15, -0.1) is 0 Å². The van der Waals surface area contributed by atoms with Gasteiger partial charge in [0.1, 0.15) is 11.6 Å². The molecule has 1 aromatic heterocycles. The summed E-state index contributed by atoms with van der Waals surface area (Å²) in [6, 6.07) is 5.95. The van der Waals surface area contributed by atoms with Crippen molar-refractivity contribution >= 4 is 11.6 Å². The largest absolute Gasteiger partial charge is 0.508 e. The molecule has 1 N–H and O–H groups in total. The minimum Gasteiger partial charge on any atom is -0.508 e. The Balaban J connectivity index is 2.42. The number of carbonyl (C=O) groups excluding carboxylic acids is 1. The first-order chi connectivity index (χ1) is 9.52. The lowest BCUT2D eigenvalue weighted by molar-refractivity contribution is 0.0987. The molecule has 0 saturated carbocycles. The third-order valence-corrected chi connectivity index (χ3v) is 3.00. The van der Waals surface area contributed by atoms with Crippen molar-refractivity contribution in [2.45, 2.75) is 13.8 Å². The van der Waals surface area contributed by atoms with Crippen molar-refractivity contribution in [3.8, 4) is 5.75 Å². The quantitative estimate of drug-likeness (QED) is 0.936. The number of aryl methyl sites for hydroxylation is 1. The number of anilines is 1. The number of nitrogens with zero attached hydrogens (tertiary/aromatic N) is 2. The molecular formula is C15H15FN2O2.